The van der Waals surface area contributed by atoms with Gasteiger partial charge in [-0.3, -0.25) is 10.1 Å². The molecule has 0 aliphatic carbocycles. The third-order valence-electron chi connectivity index (χ3n) is 2.95. The lowest BCUT2D eigenvalue weighted by Gasteiger charge is -2.03. The summed E-state index contributed by atoms with van der Waals surface area (Å²) in [7, 11) is 0. The number of amides is 1. The topological polar surface area (TPSA) is 112 Å². The molecule has 0 bridgehead atoms. The predicted molar refractivity (Wildman–Crippen MR) is 85.2 cm³/mol. The maximum Gasteiger partial charge on any atom is 0.357 e. The third kappa shape index (κ3) is 3.43. The highest BCUT2D eigenvalue weighted by Crippen LogP contribution is 2.17. The maximum absolute atomic E-state index is 12.2. The minimum atomic E-state index is -0.514. The van der Waals surface area contributed by atoms with Gasteiger partial charge in [0, 0.05) is 10.9 Å². The highest BCUT2D eigenvalue weighted by molar-refractivity contribution is 7.14. The Balaban J connectivity index is 1.68. The molecule has 9 nitrogen and oxygen atoms in total. The molecule has 3 rings (SSSR count). The van der Waals surface area contributed by atoms with Crippen molar-refractivity contribution in [3.63, 3.8) is 0 Å². The van der Waals surface area contributed by atoms with Crippen LogP contribution in [0, 0.1) is 0 Å². The molecule has 1 aromatic carbocycles. The predicted octanol–water partition coefficient (Wildman–Crippen LogP) is 1.55. The van der Waals surface area contributed by atoms with E-state index in [1.54, 1.807) is 31.2 Å². The van der Waals surface area contributed by atoms with Crippen molar-refractivity contribution in [2.24, 2.45) is 0 Å². The molecule has 0 saturated carbocycles. The lowest BCUT2D eigenvalue weighted by Crippen LogP contribution is -2.12. The second-order valence-electron chi connectivity index (χ2n) is 4.51. The zero-order valence-electron chi connectivity index (χ0n) is 12.5. The summed E-state index contributed by atoms with van der Waals surface area (Å²) in [5, 5.41) is 15.4. The van der Waals surface area contributed by atoms with E-state index in [1.807, 2.05) is 0 Å². The number of hydrogen-bond acceptors (Lipinski definition) is 8. The van der Waals surface area contributed by atoms with Crippen LogP contribution in [0.1, 0.15) is 27.8 Å². The van der Waals surface area contributed by atoms with E-state index in [9.17, 15) is 9.59 Å². The Morgan fingerprint density at radius 1 is 1.29 bits per heavy atom. The highest BCUT2D eigenvalue weighted by Gasteiger charge is 2.14. The molecule has 0 spiro atoms. The Labute approximate surface area is 140 Å². The summed E-state index contributed by atoms with van der Waals surface area (Å²) in [6, 6.07) is 6.73. The van der Waals surface area contributed by atoms with Crippen LogP contribution in [0.3, 0.4) is 0 Å². The van der Waals surface area contributed by atoms with E-state index < -0.39 is 5.97 Å². The van der Waals surface area contributed by atoms with Gasteiger partial charge >= 0.3 is 5.97 Å². The molecule has 0 atom stereocenters. The van der Waals surface area contributed by atoms with Crippen LogP contribution in [0.15, 0.2) is 36.0 Å². The van der Waals surface area contributed by atoms with Gasteiger partial charge in [0.15, 0.2) is 10.8 Å². The fourth-order valence-electron chi connectivity index (χ4n) is 1.84. The highest BCUT2D eigenvalue weighted by atomic mass is 32.1. The van der Waals surface area contributed by atoms with Crippen LogP contribution in [0.5, 0.6) is 0 Å². The van der Waals surface area contributed by atoms with E-state index in [-0.39, 0.29) is 18.2 Å². The van der Waals surface area contributed by atoms with E-state index >= 15 is 0 Å². The van der Waals surface area contributed by atoms with Gasteiger partial charge in [0.05, 0.1) is 12.3 Å². The first-order chi connectivity index (χ1) is 11.7. The van der Waals surface area contributed by atoms with Gasteiger partial charge < -0.3 is 4.74 Å². The number of benzene rings is 1. The molecule has 0 saturated heterocycles. The molecular formula is C14H12N6O3S. The molecule has 1 amide bonds. The number of rotatable bonds is 5. The van der Waals surface area contributed by atoms with E-state index in [0.29, 0.717) is 10.7 Å². The average molecular weight is 344 g/mol. The van der Waals surface area contributed by atoms with Crippen LogP contribution >= 0.6 is 11.3 Å². The lowest BCUT2D eigenvalue weighted by molar-refractivity contribution is 0.0520. The van der Waals surface area contributed by atoms with Crippen molar-refractivity contribution in [1.29, 1.82) is 0 Å². The van der Waals surface area contributed by atoms with E-state index in [0.717, 1.165) is 17.0 Å². The Kier molecular flexibility index (Phi) is 4.57. The number of thiazole rings is 1. The van der Waals surface area contributed by atoms with Crippen LogP contribution in [-0.4, -0.2) is 43.7 Å². The van der Waals surface area contributed by atoms with Crippen LogP contribution < -0.4 is 5.32 Å². The number of ether oxygens (including phenoxy) is 1. The lowest BCUT2D eigenvalue weighted by atomic mass is 10.2. The molecule has 0 radical (unpaired) electrons. The summed E-state index contributed by atoms with van der Waals surface area (Å²) in [5.41, 5.74) is 1.35. The summed E-state index contributed by atoms with van der Waals surface area (Å²) in [6.07, 6.45) is 1.46. The zero-order chi connectivity index (χ0) is 16.9. The normalized spacial score (nSPS) is 10.4. The minimum absolute atomic E-state index is 0.172. The van der Waals surface area contributed by atoms with E-state index in [4.69, 9.17) is 4.74 Å². The Hall–Kier alpha value is -3.14. The number of nitrogens with one attached hydrogen (secondary N) is 1. The molecule has 10 heteroatoms. The van der Waals surface area contributed by atoms with Crippen LogP contribution in [0.25, 0.3) is 5.69 Å². The quantitative estimate of drug-likeness (QED) is 0.699. The Morgan fingerprint density at radius 3 is 2.75 bits per heavy atom. The molecule has 0 fully saturated rings. The van der Waals surface area contributed by atoms with E-state index in [1.165, 1.54) is 16.4 Å². The summed E-state index contributed by atoms with van der Waals surface area (Å²) in [6.45, 7) is 1.98. The first-order valence-corrected chi connectivity index (χ1v) is 7.82. The number of tetrazole rings is 1. The van der Waals surface area contributed by atoms with Crippen molar-refractivity contribution in [3.8, 4) is 5.69 Å². The summed E-state index contributed by atoms with van der Waals surface area (Å²) in [4.78, 5) is 27.8. The molecule has 0 aliphatic heterocycles. The van der Waals surface area contributed by atoms with Gasteiger partial charge in [-0.1, -0.05) is 0 Å². The first-order valence-electron chi connectivity index (χ1n) is 6.95. The standard InChI is InChI=1S/C14H12N6O3S/c1-2-23-13(22)11-7-24-14(16-11)17-12(21)9-3-5-10(6-4-9)20-8-15-18-19-20/h3-8H,2H2,1H3,(H,16,17,21). The van der Waals surface area contributed by atoms with Gasteiger partial charge in [0.25, 0.3) is 5.91 Å². The summed E-state index contributed by atoms with van der Waals surface area (Å²) >= 11 is 1.15. The van der Waals surface area contributed by atoms with Gasteiger partial charge in [0.2, 0.25) is 0 Å². The molecular weight excluding hydrogens is 332 g/mol. The summed E-state index contributed by atoms with van der Waals surface area (Å²) < 4.78 is 6.33. The van der Waals surface area contributed by atoms with Gasteiger partial charge in [-0.25, -0.2) is 14.5 Å². The number of nitrogens with zero attached hydrogens (tertiary/aromatic N) is 5. The summed E-state index contributed by atoms with van der Waals surface area (Å²) in [5.74, 6) is -0.844. The smallest absolute Gasteiger partial charge is 0.357 e. The number of carbonyl (C=O) groups excluding carboxylic acids is 2. The SMILES string of the molecule is CCOC(=O)c1csc(NC(=O)c2ccc(-n3cnnn3)cc2)n1. The van der Waals surface area contributed by atoms with Crippen molar-refractivity contribution in [3.05, 3.63) is 47.2 Å². The maximum atomic E-state index is 12.2. The van der Waals surface area contributed by atoms with Crippen LogP contribution in [0.2, 0.25) is 0 Å². The van der Waals surface area contributed by atoms with Crippen molar-refractivity contribution < 1.29 is 14.3 Å². The van der Waals surface area contributed by atoms with Gasteiger partial charge in [-0.2, -0.15) is 0 Å². The molecule has 0 aliphatic rings. The van der Waals surface area contributed by atoms with Crippen molar-refractivity contribution in [1.82, 2.24) is 25.2 Å². The molecule has 3 aromatic rings. The molecule has 24 heavy (non-hydrogen) atoms. The zero-order valence-corrected chi connectivity index (χ0v) is 13.4. The van der Waals surface area contributed by atoms with Gasteiger partial charge in [-0.15, -0.1) is 16.4 Å². The number of esters is 1. The number of hydrogen-bond donors (Lipinski definition) is 1. The molecule has 122 valence electrons. The van der Waals surface area contributed by atoms with Crippen molar-refractivity contribution >= 4 is 28.3 Å². The fourth-order valence-corrected chi connectivity index (χ4v) is 2.52. The van der Waals surface area contributed by atoms with Crippen molar-refractivity contribution in [2.45, 2.75) is 6.92 Å². The fraction of sp³-hybridized carbons (Fsp3) is 0.143. The number of aromatic nitrogens is 5. The molecule has 2 aromatic heterocycles. The second kappa shape index (κ2) is 6.96. The number of carbonyl (C=O) groups is 2. The molecule has 0 unspecified atom stereocenters. The van der Waals surface area contributed by atoms with E-state index in [2.05, 4.69) is 25.8 Å². The van der Waals surface area contributed by atoms with Gasteiger partial charge in [-0.05, 0) is 41.6 Å². The second-order valence-corrected chi connectivity index (χ2v) is 5.37. The Bertz CT molecular complexity index is 844. The average Bonchev–Trinajstić information content (AvgIpc) is 3.27. The molecule has 1 N–H and O–H groups in total. The largest absolute Gasteiger partial charge is 0.461 e. The third-order valence-corrected chi connectivity index (χ3v) is 3.71. The van der Waals surface area contributed by atoms with Crippen LogP contribution in [0.4, 0.5) is 5.13 Å². The number of anilines is 1. The first kappa shape index (κ1) is 15.7. The molecule has 2 heterocycles. The van der Waals surface area contributed by atoms with Crippen molar-refractivity contribution in [2.75, 3.05) is 11.9 Å². The monoisotopic (exact) mass is 344 g/mol. The Morgan fingerprint density at radius 2 is 2.08 bits per heavy atom. The van der Waals surface area contributed by atoms with Crippen LogP contribution in [-0.2, 0) is 4.74 Å². The van der Waals surface area contributed by atoms with Gasteiger partial charge in [0.1, 0.15) is 6.33 Å². The minimum Gasteiger partial charge on any atom is -0.461 e.